The van der Waals surface area contributed by atoms with Crippen LogP contribution in [0.1, 0.15) is 64.2 Å². The number of fused-ring (bicyclic) bond motifs is 5. The first-order valence-electron chi connectivity index (χ1n) is 8.52. The quantitative estimate of drug-likeness (QED) is 0.561. The molecule has 19 heavy (non-hydrogen) atoms. The fraction of sp³-hybridized carbons (Fsp3) is 1.00. The van der Waals surface area contributed by atoms with Crippen LogP contribution in [-0.4, -0.2) is 5.92 Å². The lowest BCUT2D eigenvalue weighted by Crippen LogP contribution is -2.46. The minimum Gasteiger partial charge on any atom is -0.207 e. The van der Waals surface area contributed by atoms with E-state index < -0.39 is 5.92 Å². The molecule has 0 spiro atoms. The Labute approximate surface area is 115 Å². The smallest absolute Gasteiger partial charge is 0.207 e. The molecular weight excluding hydrogens is 242 g/mol. The van der Waals surface area contributed by atoms with E-state index in [-0.39, 0.29) is 12.8 Å². The molecule has 0 saturated heterocycles. The monoisotopic (exact) mass is 268 g/mol. The summed E-state index contributed by atoms with van der Waals surface area (Å²) in [5, 5.41) is 0. The van der Waals surface area contributed by atoms with Crippen LogP contribution in [0.2, 0.25) is 0 Å². The minimum atomic E-state index is -2.35. The first-order chi connectivity index (χ1) is 9.14. The minimum absolute atomic E-state index is 0.172. The van der Waals surface area contributed by atoms with E-state index in [1.54, 1.807) is 0 Å². The van der Waals surface area contributed by atoms with Crippen molar-refractivity contribution in [3.8, 4) is 0 Å². The number of rotatable bonds is 0. The standard InChI is InChI=1S/C17H26F2/c18-17(19)9-8-14-12(10-17)5-7-15-13-3-1-2-11(13)4-6-16(14)15/h11-16H,1-10H2/t11?,12-,13+,14?,15?,16?/m0/s1. The van der Waals surface area contributed by atoms with Crippen molar-refractivity contribution in [2.45, 2.75) is 70.1 Å². The van der Waals surface area contributed by atoms with E-state index in [2.05, 4.69) is 0 Å². The average Bonchev–Trinajstić information content (AvgIpc) is 2.85. The van der Waals surface area contributed by atoms with E-state index in [9.17, 15) is 8.78 Å². The molecule has 0 radical (unpaired) electrons. The maximum absolute atomic E-state index is 13.6. The molecule has 4 aliphatic rings. The Morgan fingerprint density at radius 2 is 1.32 bits per heavy atom. The van der Waals surface area contributed by atoms with Crippen molar-refractivity contribution in [1.29, 1.82) is 0 Å². The van der Waals surface area contributed by atoms with Crippen molar-refractivity contribution in [3.63, 3.8) is 0 Å². The highest BCUT2D eigenvalue weighted by atomic mass is 19.3. The molecule has 4 rings (SSSR count). The summed E-state index contributed by atoms with van der Waals surface area (Å²) < 4.78 is 27.2. The van der Waals surface area contributed by atoms with Gasteiger partial charge in [-0.2, -0.15) is 0 Å². The fourth-order valence-corrected chi connectivity index (χ4v) is 6.42. The van der Waals surface area contributed by atoms with Gasteiger partial charge in [-0.1, -0.05) is 12.8 Å². The predicted octanol–water partition coefficient (Wildman–Crippen LogP) is 5.27. The molecule has 0 bridgehead atoms. The molecule has 0 nitrogen and oxygen atoms in total. The summed E-state index contributed by atoms with van der Waals surface area (Å²) in [7, 11) is 0. The summed E-state index contributed by atoms with van der Waals surface area (Å²) in [6.45, 7) is 0. The van der Waals surface area contributed by atoms with Crippen LogP contribution in [0.4, 0.5) is 8.78 Å². The van der Waals surface area contributed by atoms with E-state index in [0.29, 0.717) is 11.8 Å². The van der Waals surface area contributed by atoms with Crippen LogP contribution in [0.25, 0.3) is 0 Å². The molecule has 0 amide bonds. The zero-order chi connectivity index (χ0) is 13.0. The Bertz CT molecular complexity index is 351. The van der Waals surface area contributed by atoms with E-state index in [1.807, 2.05) is 0 Å². The first-order valence-corrected chi connectivity index (χ1v) is 8.52. The van der Waals surface area contributed by atoms with Crippen molar-refractivity contribution >= 4 is 0 Å². The maximum atomic E-state index is 13.6. The summed E-state index contributed by atoms with van der Waals surface area (Å²) >= 11 is 0. The van der Waals surface area contributed by atoms with Crippen LogP contribution >= 0.6 is 0 Å². The lowest BCUT2D eigenvalue weighted by Gasteiger charge is -2.52. The maximum Gasteiger partial charge on any atom is 0.248 e. The summed E-state index contributed by atoms with van der Waals surface area (Å²) in [6, 6.07) is 0. The van der Waals surface area contributed by atoms with E-state index in [4.69, 9.17) is 0 Å². The number of hydrogen-bond donors (Lipinski definition) is 0. The van der Waals surface area contributed by atoms with Crippen LogP contribution in [0.15, 0.2) is 0 Å². The van der Waals surface area contributed by atoms with Crippen LogP contribution in [0.3, 0.4) is 0 Å². The van der Waals surface area contributed by atoms with Crippen molar-refractivity contribution < 1.29 is 8.78 Å². The SMILES string of the molecule is FC1(F)CCC2C3CCC4CCC[C@H]4C3CC[C@H]2C1. The van der Waals surface area contributed by atoms with Gasteiger partial charge in [-0.3, -0.25) is 0 Å². The third-order valence-corrected chi connectivity index (χ3v) is 7.12. The van der Waals surface area contributed by atoms with E-state index in [1.165, 1.54) is 38.5 Å². The molecule has 108 valence electrons. The Morgan fingerprint density at radius 3 is 2.11 bits per heavy atom. The van der Waals surface area contributed by atoms with Crippen LogP contribution in [-0.2, 0) is 0 Å². The molecule has 4 aliphatic carbocycles. The zero-order valence-electron chi connectivity index (χ0n) is 11.8. The average molecular weight is 268 g/mol. The molecule has 0 aromatic heterocycles. The molecule has 2 heteroatoms. The lowest BCUT2D eigenvalue weighted by molar-refractivity contribution is -0.111. The van der Waals surface area contributed by atoms with Gasteiger partial charge in [-0.15, -0.1) is 0 Å². The van der Waals surface area contributed by atoms with Gasteiger partial charge in [0.05, 0.1) is 0 Å². The van der Waals surface area contributed by atoms with Crippen LogP contribution in [0, 0.1) is 35.5 Å². The number of hydrogen-bond acceptors (Lipinski definition) is 0. The second-order valence-electron chi connectivity index (χ2n) is 7.86. The molecule has 0 aliphatic heterocycles. The fourth-order valence-electron chi connectivity index (χ4n) is 6.42. The molecule has 0 aromatic carbocycles. The second kappa shape index (κ2) is 4.43. The van der Waals surface area contributed by atoms with Gasteiger partial charge in [0, 0.05) is 12.8 Å². The predicted molar refractivity (Wildman–Crippen MR) is 72.1 cm³/mol. The largest absolute Gasteiger partial charge is 0.248 e. The zero-order valence-corrected chi connectivity index (χ0v) is 11.8. The highest BCUT2D eigenvalue weighted by Crippen LogP contribution is 2.59. The van der Waals surface area contributed by atoms with E-state index in [0.717, 1.165) is 36.5 Å². The molecule has 4 saturated carbocycles. The summed E-state index contributed by atoms with van der Waals surface area (Å²) in [4.78, 5) is 0. The van der Waals surface area contributed by atoms with Crippen molar-refractivity contribution in [3.05, 3.63) is 0 Å². The lowest BCUT2D eigenvalue weighted by atomic mass is 9.53. The topological polar surface area (TPSA) is 0 Å². The molecular formula is C17H26F2. The summed E-state index contributed by atoms with van der Waals surface area (Å²) in [5.41, 5.74) is 0. The molecule has 0 aromatic rings. The summed E-state index contributed by atoms with van der Waals surface area (Å²) in [6.07, 6.45) is 10.7. The van der Waals surface area contributed by atoms with Crippen molar-refractivity contribution in [1.82, 2.24) is 0 Å². The number of halogens is 2. The highest BCUT2D eigenvalue weighted by molar-refractivity contribution is 5.00. The Balaban J connectivity index is 1.53. The van der Waals surface area contributed by atoms with Gasteiger partial charge in [-0.05, 0) is 74.0 Å². The van der Waals surface area contributed by atoms with Gasteiger partial charge in [0.2, 0.25) is 5.92 Å². The Hall–Kier alpha value is -0.140. The van der Waals surface area contributed by atoms with E-state index >= 15 is 0 Å². The summed E-state index contributed by atoms with van der Waals surface area (Å²) in [5.74, 6) is 2.36. The van der Waals surface area contributed by atoms with Gasteiger partial charge in [0.25, 0.3) is 0 Å². The molecule has 4 fully saturated rings. The van der Waals surface area contributed by atoms with Gasteiger partial charge < -0.3 is 0 Å². The highest BCUT2D eigenvalue weighted by Gasteiger charge is 2.52. The van der Waals surface area contributed by atoms with Crippen LogP contribution < -0.4 is 0 Å². The second-order valence-corrected chi connectivity index (χ2v) is 7.86. The van der Waals surface area contributed by atoms with Gasteiger partial charge in [0.15, 0.2) is 0 Å². The third-order valence-electron chi connectivity index (χ3n) is 7.12. The molecule has 0 N–H and O–H groups in total. The third kappa shape index (κ3) is 2.05. The number of alkyl halides is 2. The molecule has 4 unspecified atom stereocenters. The van der Waals surface area contributed by atoms with Crippen LogP contribution in [0.5, 0.6) is 0 Å². The normalized spacial score (nSPS) is 52.1. The Morgan fingerprint density at radius 1 is 0.632 bits per heavy atom. The van der Waals surface area contributed by atoms with Crippen molar-refractivity contribution in [2.75, 3.05) is 0 Å². The molecule has 6 atom stereocenters. The first kappa shape index (κ1) is 12.6. The van der Waals surface area contributed by atoms with Gasteiger partial charge >= 0.3 is 0 Å². The van der Waals surface area contributed by atoms with Gasteiger partial charge in [0.1, 0.15) is 0 Å². The Kier molecular flexibility index (Phi) is 2.93. The molecule has 0 heterocycles. The van der Waals surface area contributed by atoms with Crippen molar-refractivity contribution in [2.24, 2.45) is 35.5 Å². The van der Waals surface area contributed by atoms with Gasteiger partial charge in [-0.25, -0.2) is 8.78 Å².